The Morgan fingerprint density at radius 1 is 1.43 bits per heavy atom. The van der Waals surface area contributed by atoms with Crippen molar-refractivity contribution in [2.24, 2.45) is 0 Å². The molecule has 0 saturated carbocycles. The summed E-state index contributed by atoms with van der Waals surface area (Å²) < 4.78 is 17.5. The van der Waals surface area contributed by atoms with Gasteiger partial charge in [-0.15, -0.1) is 0 Å². The average molecular weight is 292 g/mol. The van der Waals surface area contributed by atoms with E-state index in [0.717, 1.165) is 0 Å². The second-order valence-corrected chi connectivity index (χ2v) is 5.35. The second kappa shape index (κ2) is 4.63. The molecule has 0 saturated heterocycles. The van der Waals surface area contributed by atoms with E-state index in [-0.39, 0.29) is 13.4 Å². The van der Waals surface area contributed by atoms with E-state index in [1.165, 1.54) is 0 Å². The van der Waals surface area contributed by atoms with Crippen LogP contribution in [0, 0.1) is 0 Å². The van der Waals surface area contributed by atoms with Crippen LogP contribution in [0.4, 0.5) is 0 Å². The minimum Gasteiger partial charge on any atom is -0.480 e. The van der Waals surface area contributed by atoms with Gasteiger partial charge in [-0.2, -0.15) is 0 Å². The molecule has 2 heterocycles. The monoisotopic (exact) mass is 292 g/mol. The molecule has 7 nitrogen and oxygen atoms in total. The van der Waals surface area contributed by atoms with Crippen molar-refractivity contribution >= 4 is 17.0 Å². The highest BCUT2D eigenvalue weighted by Crippen LogP contribution is 2.38. The van der Waals surface area contributed by atoms with Gasteiger partial charge in [-0.05, 0) is 13.8 Å². The Hall–Kier alpha value is -2.28. The summed E-state index contributed by atoms with van der Waals surface area (Å²) in [6.07, 6.45) is 0. The summed E-state index contributed by atoms with van der Waals surface area (Å²) in [5.74, 6) is 0.804. The van der Waals surface area contributed by atoms with Gasteiger partial charge in [0.25, 0.3) is 0 Å². The Balaban J connectivity index is 2.28. The minimum absolute atomic E-state index is 0.162. The van der Waals surface area contributed by atoms with Crippen molar-refractivity contribution in [2.45, 2.75) is 26.0 Å². The Morgan fingerprint density at radius 2 is 2.10 bits per heavy atom. The van der Waals surface area contributed by atoms with E-state index < -0.39 is 11.5 Å². The Labute approximate surface area is 121 Å². The third-order valence-corrected chi connectivity index (χ3v) is 3.57. The van der Waals surface area contributed by atoms with Crippen LogP contribution in [-0.4, -0.2) is 34.5 Å². The number of hydrogen-bond acceptors (Lipinski definition) is 5. The molecule has 1 aromatic heterocycles. The van der Waals surface area contributed by atoms with E-state index in [4.69, 9.17) is 14.2 Å². The highest BCUT2D eigenvalue weighted by Gasteiger charge is 2.34. The van der Waals surface area contributed by atoms with Gasteiger partial charge in [0.05, 0.1) is 11.0 Å². The summed E-state index contributed by atoms with van der Waals surface area (Å²) in [7, 11) is 1.55. The molecule has 1 aliphatic heterocycles. The van der Waals surface area contributed by atoms with Gasteiger partial charge >= 0.3 is 5.97 Å². The standard InChI is InChI=1S/C14H16N2O5/c1-14(2,13(17)18)16-9-5-11-10(20-7-21-11)4-8(9)15-12(16)6-19-3/h4-5H,6-7H2,1-3H3,(H,17,18). The smallest absolute Gasteiger partial charge is 0.329 e. The van der Waals surface area contributed by atoms with Gasteiger partial charge in [-0.25, -0.2) is 9.78 Å². The van der Waals surface area contributed by atoms with E-state index >= 15 is 0 Å². The molecule has 0 spiro atoms. The van der Waals surface area contributed by atoms with Crippen molar-refractivity contribution in [3.63, 3.8) is 0 Å². The zero-order valence-corrected chi connectivity index (χ0v) is 12.0. The van der Waals surface area contributed by atoms with Crippen LogP contribution in [0.25, 0.3) is 11.0 Å². The fourth-order valence-electron chi connectivity index (χ4n) is 2.46. The Kier molecular flexibility index (Phi) is 3.02. The first kappa shape index (κ1) is 13.7. The predicted octanol–water partition coefficient (Wildman–Crippen LogP) is 1.73. The lowest BCUT2D eigenvalue weighted by atomic mass is 10.1. The van der Waals surface area contributed by atoms with Gasteiger partial charge in [0.2, 0.25) is 6.79 Å². The van der Waals surface area contributed by atoms with Gasteiger partial charge in [0.15, 0.2) is 11.5 Å². The number of methoxy groups -OCH3 is 1. The average Bonchev–Trinajstić information content (AvgIpc) is 2.98. The minimum atomic E-state index is -1.16. The second-order valence-electron chi connectivity index (χ2n) is 5.35. The number of nitrogens with zero attached hydrogens (tertiary/aromatic N) is 2. The number of hydrogen-bond donors (Lipinski definition) is 1. The van der Waals surface area contributed by atoms with E-state index in [2.05, 4.69) is 4.98 Å². The van der Waals surface area contributed by atoms with Crippen LogP contribution in [0.15, 0.2) is 12.1 Å². The molecule has 0 bridgehead atoms. The summed E-state index contributed by atoms with van der Waals surface area (Å²) in [4.78, 5) is 16.1. The molecular formula is C14H16N2O5. The molecule has 0 unspecified atom stereocenters. The third kappa shape index (κ3) is 2.01. The van der Waals surface area contributed by atoms with Crippen LogP contribution in [0.2, 0.25) is 0 Å². The van der Waals surface area contributed by atoms with Gasteiger partial charge < -0.3 is 23.9 Å². The largest absolute Gasteiger partial charge is 0.480 e. The molecule has 0 aliphatic carbocycles. The van der Waals surface area contributed by atoms with Crippen molar-refractivity contribution in [3.05, 3.63) is 18.0 Å². The van der Waals surface area contributed by atoms with Gasteiger partial charge in [-0.3, -0.25) is 0 Å². The summed E-state index contributed by atoms with van der Waals surface area (Å²) >= 11 is 0. The molecule has 1 aromatic carbocycles. The molecule has 7 heteroatoms. The van der Waals surface area contributed by atoms with Crippen LogP contribution in [0.1, 0.15) is 19.7 Å². The molecule has 1 aliphatic rings. The van der Waals surface area contributed by atoms with Crippen molar-refractivity contribution in [3.8, 4) is 11.5 Å². The molecule has 0 radical (unpaired) electrons. The summed E-state index contributed by atoms with van der Waals surface area (Å²) in [6, 6.07) is 3.51. The fourth-order valence-corrected chi connectivity index (χ4v) is 2.46. The first-order valence-corrected chi connectivity index (χ1v) is 6.49. The number of fused-ring (bicyclic) bond motifs is 2. The quantitative estimate of drug-likeness (QED) is 0.924. The van der Waals surface area contributed by atoms with E-state index in [9.17, 15) is 9.90 Å². The maximum absolute atomic E-state index is 11.6. The number of carbonyl (C=O) groups is 1. The molecule has 0 fully saturated rings. The third-order valence-electron chi connectivity index (χ3n) is 3.57. The van der Waals surface area contributed by atoms with E-state index in [1.54, 1.807) is 37.7 Å². The predicted molar refractivity (Wildman–Crippen MR) is 73.5 cm³/mol. The first-order valence-electron chi connectivity index (χ1n) is 6.49. The molecule has 0 atom stereocenters. The Bertz CT molecular complexity index is 720. The number of aliphatic carboxylic acids is 1. The number of imidazole rings is 1. The SMILES string of the molecule is COCc1nc2cc3c(cc2n1C(C)(C)C(=O)O)OCO3. The Morgan fingerprint density at radius 3 is 2.71 bits per heavy atom. The van der Waals surface area contributed by atoms with Crippen LogP contribution in [-0.2, 0) is 21.7 Å². The van der Waals surface area contributed by atoms with Crippen molar-refractivity contribution < 1.29 is 24.1 Å². The van der Waals surface area contributed by atoms with Crippen molar-refractivity contribution in [1.82, 2.24) is 9.55 Å². The molecule has 2 aromatic rings. The molecule has 21 heavy (non-hydrogen) atoms. The topological polar surface area (TPSA) is 82.8 Å². The lowest BCUT2D eigenvalue weighted by Gasteiger charge is -2.24. The highest BCUT2D eigenvalue weighted by molar-refractivity contribution is 5.85. The van der Waals surface area contributed by atoms with Crippen LogP contribution in [0.3, 0.4) is 0 Å². The first-order chi connectivity index (χ1) is 9.95. The molecule has 0 amide bonds. The van der Waals surface area contributed by atoms with Crippen LogP contribution < -0.4 is 9.47 Å². The lowest BCUT2D eigenvalue weighted by Crippen LogP contribution is -2.36. The van der Waals surface area contributed by atoms with Gasteiger partial charge in [0.1, 0.15) is 18.0 Å². The van der Waals surface area contributed by atoms with Crippen LogP contribution in [0.5, 0.6) is 11.5 Å². The highest BCUT2D eigenvalue weighted by atomic mass is 16.7. The van der Waals surface area contributed by atoms with E-state index in [1.807, 2.05) is 0 Å². The summed E-state index contributed by atoms with van der Waals surface area (Å²) in [5.41, 5.74) is 0.176. The van der Waals surface area contributed by atoms with Crippen molar-refractivity contribution in [2.75, 3.05) is 13.9 Å². The summed E-state index contributed by atoms with van der Waals surface area (Å²) in [6.45, 7) is 3.63. The maximum atomic E-state index is 11.6. The number of rotatable bonds is 4. The number of aromatic nitrogens is 2. The molecule has 1 N–H and O–H groups in total. The number of benzene rings is 1. The zero-order valence-electron chi connectivity index (χ0n) is 12.0. The fraction of sp³-hybridized carbons (Fsp3) is 0.429. The zero-order chi connectivity index (χ0) is 15.2. The number of ether oxygens (including phenoxy) is 3. The molecule has 3 rings (SSSR count). The normalized spacial score (nSPS) is 13.9. The van der Waals surface area contributed by atoms with Gasteiger partial charge in [0, 0.05) is 19.2 Å². The maximum Gasteiger partial charge on any atom is 0.329 e. The number of carboxylic acids is 1. The van der Waals surface area contributed by atoms with Crippen molar-refractivity contribution in [1.29, 1.82) is 0 Å². The van der Waals surface area contributed by atoms with Crippen LogP contribution >= 0.6 is 0 Å². The summed E-state index contributed by atoms with van der Waals surface area (Å²) in [5, 5.41) is 9.51. The molecule has 112 valence electrons. The van der Waals surface area contributed by atoms with Gasteiger partial charge in [-0.1, -0.05) is 0 Å². The molecular weight excluding hydrogens is 276 g/mol. The van der Waals surface area contributed by atoms with E-state index in [0.29, 0.717) is 28.4 Å². The number of carboxylic acid groups (broad SMARTS) is 1. The lowest BCUT2D eigenvalue weighted by molar-refractivity contribution is -0.145.